The fourth-order valence-corrected chi connectivity index (χ4v) is 3.86. The number of benzene rings is 1. The molecule has 1 aromatic carbocycles. The molecule has 0 radical (unpaired) electrons. The van der Waals surface area contributed by atoms with Gasteiger partial charge in [0.25, 0.3) is 6.47 Å². The largest absolute Gasteiger partial charge is 0.497 e. The number of aryl methyl sites for hydroxylation is 1. The van der Waals surface area contributed by atoms with Gasteiger partial charge in [0.2, 0.25) is 5.89 Å². The normalized spacial score (nSPS) is 18.3. The Kier molecular flexibility index (Phi) is 6.08. The van der Waals surface area contributed by atoms with Crippen molar-refractivity contribution in [3.05, 3.63) is 41.0 Å². The summed E-state index contributed by atoms with van der Waals surface area (Å²) in [5.74, 6) is 2.31. The summed E-state index contributed by atoms with van der Waals surface area (Å²) >= 11 is 0. The molecule has 1 saturated heterocycles. The summed E-state index contributed by atoms with van der Waals surface area (Å²) in [6.07, 6.45) is 2.93. The lowest BCUT2D eigenvalue weighted by atomic mass is 9.79. The third-order valence-corrected chi connectivity index (χ3v) is 5.15. The summed E-state index contributed by atoms with van der Waals surface area (Å²) in [5, 5.41) is 10.8. The molecule has 2 aliphatic heterocycles. The highest BCUT2D eigenvalue weighted by Gasteiger charge is 2.41. The van der Waals surface area contributed by atoms with Crippen molar-refractivity contribution in [2.75, 3.05) is 26.8 Å². The zero-order valence-electron chi connectivity index (χ0n) is 15.7. The molecule has 2 aromatic rings. The number of methoxy groups -OCH3 is 1. The van der Waals surface area contributed by atoms with E-state index in [1.54, 1.807) is 7.11 Å². The number of fused-ring (bicyclic) bond motifs is 2. The minimum atomic E-state index is -0.250. The second-order valence-electron chi connectivity index (χ2n) is 6.73. The van der Waals surface area contributed by atoms with Crippen LogP contribution < -0.4 is 4.74 Å². The summed E-state index contributed by atoms with van der Waals surface area (Å²) in [5.41, 5.74) is 2.55. The zero-order valence-corrected chi connectivity index (χ0v) is 15.7. The van der Waals surface area contributed by atoms with Gasteiger partial charge in [-0.25, -0.2) is 0 Å². The van der Waals surface area contributed by atoms with Crippen LogP contribution in [-0.4, -0.2) is 53.4 Å². The lowest BCUT2D eigenvalue weighted by molar-refractivity contribution is -0.122. The van der Waals surface area contributed by atoms with Crippen molar-refractivity contribution in [1.29, 1.82) is 0 Å². The molecule has 0 unspecified atom stereocenters. The van der Waals surface area contributed by atoms with Crippen LogP contribution in [-0.2, 0) is 28.1 Å². The number of carboxylic acid groups (broad SMARTS) is 1. The molecule has 0 saturated carbocycles. The van der Waals surface area contributed by atoms with Crippen LogP contribution in [0.4, 0.5) is 0 Å². The second-order valence-corrected chi connectivity index (χ2v) is 6.73. The quantitative estimate of drug-likeness (QED) is 0.815. The Labute approximate surface area is 158 Å². The molecule has 0 aliphatic carbocycles. The van der Waals surface area contributed by atoms with Crippen LogP contribution in [0.25, 0.3) is 0 Å². The third-order valence-electron chi connectivity index (χ3n) is 5.15. The van der Waals surface area contributed by atoms with Crippen molar-refractivity contribution in [2.45, 2.75) is 38.3 Å². The van der Waals surface area contributed by atoms with Crippen LogP contribution in [0.1, 0.15) is 35.7 Å². The van der Waals surface area contributed by atoms with Crippen molar-refractivity contribution in [3.8, 4) is 5.75 Å². The Hall–Kier alpha value is -2.45. The summed E-state index contributed by atoms with van der Waals surface area (Å²) in [6.45, 7) is 5.02. The van der Waals surface area contributed by atoms with Crippen LogP contribution >= 0.6 is 0 Å². The zero-order chi connectivity index (χ0) is 19.3. The summed E-state index contributed by atoms with van der Waals surface area (Å²) in [6, 6.07) is 6.39. The first-order chi connectivity index (χ1) is 13.1. The van der Waals surface area contributed by atoms with Gasteiger partial charge < -0.3 is 19.1 Å². The molecule has 2 aliphatic rings. The van der Waals surface area contributed by atoms with Gasteiger partial charge >= 0.3 is 0 Å². The summed E-state index contributed by atoms with van der Waals surface area (Å²) < 4.78 is 16.9. The van der Waals surface area contributed by atoms with E-state index in [9.17, 15) is 0 Å². The second kappa shape index (κ2) is 8.49. The van der Waals surface area contributed by atoms with E-state index in [4.69, 9.17) is 23.9 Å². The predicted molar refractivity (Wildman–Crippen MR) is 96.6 cm³/mol. The van der Waals surface area contributed by atoms with E-state index in [1.165, 1.54) is 11.1 Å². The molecule has 27 heavy (non-hydrogen) atoms. The van der Waals surface area contributed by atoms with E-state index in [0.29, 0.717) is 18.3 Å². The van der Waals surface area contributed by atoms with Crippen molar-refractivity contribution in [3.63, 3.8) is 0 Å². The Morgan fingerprint density at radius 1 is 1.37 bits per heavy atom. The Morgan fingerprint density at radius 2 is 2.11 bits per heavy atom. The molecule has 4 rings (SSSR count). The van der Waals surface area contributed by atoms with Gasteiger partial charge in [-0.15, -0.1) is 0 Å². The number of aromatic nitrogens is 2. The molecule has 1 spiro atoms. The van der Waals surface area contributed by atoms with Crippen LogP contribution in [0.5, 0.6) is 5.75 Å². The van der Waals surface area contributed by atoms with Gasteiger partial charge in [0.1, 0.15) is 5.75 Å². The van der Waals surface area contributed by atoms with E-state index in [1.807, 2.05) is 13.0 Å². The minimum absolute atomic E-state index is 0.152. The number of likely N-dealkylation sites (tertiary alicyclic amines) is 1. The molecule has 3 heterocycles. The Bertz CT molecular complexity index is 768. The molecule has 0 atom stereocenters. The first-order valence-electron chi connectivity index (χ1n) is 9.01. The number of rotatable bonds is 3. The molecular formula is C19H25N3O5. The third kappa shape index (κ3) is 4.28. The molecule has 1 fully saturated rings. The van der Waals surface area contributed by atoms with Gasteiger partial charge in [0, 0.05) is 13.1 Å². The van der Waals surface area contributed by atoms with Gasteiger partial charge in [-0.2, -0.15) is 4.98 Å². The standard InChI is InChI=1S/C18H23N3O3.CH2O2/c1-13-19-17(24-20-13)12-21-8-6-18(7-9-21)16-4-3-15(22-2)11-14(16)5-10-23-18;2-1-3/h3-4,11H,5-10,12H2,1-2H3;1H,(H,2,3). The van der Waals surface area contributed by atoms with Crippen molar-refractivity contribution >= 4 is 6.47 Å². The number of nitrogens with zero attached hydrogens (tertiary/aromatic N) is 3. The number of piperidine rings is 1. The molecule has 1 N–H and O–H groups in total. The SMILES string of the molecule is COc1ccc2c(c1)CCOC21CCN(Cc2nc(C)no2)CC1.O=CO. The van der Waals surface area contributed by atoms with Gasteiger partial charge in [-0.05, 0) is 49.4 Å². The van der Waals surface area contributed by atoms with Crippen molar-refractivity contribution in [2.24, 2.45) is 0 Å². The lowest BCUT2D eigenvalue weighted by Crippen LogP contribution is -2.46. The molecule has 8 heteroatoms. The molecule has 146 valence electrons. The molecule has 8 nitrogen and oxygen atoms in total. The van der Waals surface area contributed by atoms with E-state index in [2.05, 4.69) is 27.2 Å². The number of hydrogen-bond donors (Lipinski definition) is 1. The van der Waals surface area contributed by atoms with Gasteiger partial charge in [0.05, 0.1) is 25.9 Å². The van der Waals surface area contributed by atoms with E-state index in [-0.39, 0.29) is 12.1 Å². The number of carbonyl (C=O) groups is 1. The smallest absolute Gasteiger partial charge is 0.290 e. The van der Waals surface area contributed by atoms with E-state index in [0.717, 1.165) is 44.7 Å². The maximum atomic E-state index is 8.36. The molecular weight excluding hydrogens is 350 g/mol. The molecule has 0 bridgehead atoms. The fourth-order valence-electron chi connectivity index (χ4n) is 3.86. The van der Waals surface area contributed by atoms with Crippen LogP contribution in [0, 0.1) is 6.92 Å². The van der Waals surface area contributed by atoms with Gasteiger partial charge in [-0.3, -0.25) is 9.69 Å². The average Bonchev–Trinajstić information content (AvgIpc) is 3.09. The van der Waals surface area contributed by atoms with Crippen molar-refractivity contribution in [1.82, 2.24) is 15.0 Å². The predicted octanol–water partition coefficient (Wildman–Crippen LogP) is 2.15. The Morgan fingerprint density at radius 3 is 2.74 bits per heavy atom. The van der Waals surface area contributed by atoms with E-state index < -0.39 is 0 Å². The van der Waals surface area contributed by atoms with Gasteiger partial charge in [0.15, 0.2) is 5.82 Å². The average molecular weight is 375 g/mol. The first kappa shape index (κ1) is 19.3. The highest BCUT2D eigenvalue weighted by atomic mass is 16.5. The summed E-state index contributed by atoms with van der Waals surface area (Å²) in [7, 11) is 1.72. The summed E-state index contributed by atoms with van der Waals surface area (Å²) in [4.78, 5) is 15.0. The van der Waals surface area contributed by atoms with Gasteiger partial charge in [-0.1, -0.05) is 11.2 Å². The fraction of sp³-hybridized carbons (Fsp3) is 0.526. The number of hydrogen-bond acceptors (Lipinski definition) is 7. The number of ether oxygens (including phenoxy) is 2. The molecule has 1 aromatic heterocycles. The topological polar surface area (TPSA) is 97.9 Å². The van der Waals surface area contributed by atoms with E-state index >= 15 is 0 Å². The van der Waals surface area contributed by atoms with Crippen LogP contribution in [0.15, 0.2) is 22.7 Å². The maximum absolute atomic E-state index is 8.36. The van der Waals surface area contributed by atoms with Crippen LogP contribution in [0.2, 0.25) is 0 Å². The first-order valence-corrected chi connectivity index (χ1v) is 9.01. The monoisotopic (exact) mass is 375 g/mol. The highest BCUT2D eigenvalue weighted by Crippen LogP contribution is 2.42. The minimum Gasteiger partial charge on any atom is -0.497 e. The lowest BCUT2D eigenvalue weighted by Gasteiger charge is -2.44. The molecule has 0 amide bonds. The van der Waals surface area contributed by atoms with Crippen LogP contribution in [0.3, 0.4) is 0 Å². The van der Waals surface area contributed by atoms with Crippen molar-refractivity contribution < 1.29 is 23.9 Å². The maximum Gasteiger partial charge on any atom is 0.290 e. The highest BCUT2D eigenvalue weighted by molar-refractivity contribution is 5.41. The Balaban J connectivity index is 0.000000659.